The van der Waals surface area contributed by atoms with Gasteiger partial charge in [0, 0.05) is 18.8 Å². The summed E-state index contributed by atoms with van der Waals surface area (Å²) in [6, 6.07) is 6.39. The van der Waals surface area contributed by atoms with Crippen LogP contribution in [0.1, 0.15) is 16.8 Å². The molecule has 20 heavy (non-hydrogen) atoms. The first kappa shape index (κ1) is 15.3. The number of benzene rings is 1. The number of hydrogen-bond donors (Lipinski definition) is 0. The summed E-state index contributed by atoms with van der Waals surface area (Å²) in [7, 11) is 4.00. The molecule has 0 N–H and O–H groups in total. The fourth-order valence-electron chi connectivity index (χ4n) is 2.46. The lowest BCUT2D eigenvalue weighted by atomic mass is 10.1. The third-order valence-corrected chi connectivity index (χ3v) is 4.58. The lowest BCUT2D eigenvalue weighted by molar-refractivity contribution is 0.0671. The second-order valence-electron chi connectivity index (χ2n) is 5.32. The molecule has 110 valence electrons. The molecule has 0 bridgehead atoms. The maximum Gasteiger partial charge on any atom is 0.257 e. The molecule has 1 unspecified atom stereocenters. The molecule has 3 nitrogen and oxygen atoms in total. The average molecular weight is 296 g/mol. The summed E-state index contributed by atoms with van der Waals surface area (Å²) in [5.74, 6) is 1.36. The topological polar surface area (TPSA) is 23.6 Å². The number of rotatable bonds is 3. The summed E-state index contributed by atoms with van der Waals surface area (Å²) in [5.41, 5.74) is 0.183. The van der Waals surface area contributed by atoms with Gasteiger partial charge in [0.1, 0.15) is 5.82 Å². The monoisotopic (exact) mass is 296 g/mol. The third-order valence-electron chi connectivity index (χ3n) is 3.38. The molecule has 1 saturated heterocycles. The Hall–Kier alpha value is -1.07. The van der Waals surface area contributed by atoms with E-state index in [1.165, 1.54) is 6.07 Å². The van der Waals surface area contributed by atoms with Gasteiger partial charge in [-0.25, -0.2) is 4.39 Å². The van der Waals surface area contributed by atoms with Gasteiger partial charge in [0.05, 0.1) is 11.6 Å². The second kappa shape index (κ2) is 7.09. The molecule has 1 aliphatic rings. The maximum atomic E-state index is 13.8. The summed E-state index contributed by atoms with van der Waals surface area (Å²) in [5, 5.41) is 0. The van der Waals surface area contributed by atoms with E-state index >= 15 is 0 Å². The highest BCUT2D eigenvalue weighted by molar-refractivity contribution is 7.99. The average Bonchev–Trinajstić information content (AvgIpc) is 2.63. The SMILES string of the molecule is CN(C)CC1CSCCCN1C(=O)c1ccccc1F. The quantitative estimate of drug-likeness (QED) is 0.855. The summed E-state index contributed by atoms with van der Waals surface area (Å²) in [6.45, 7) is 1.52. The number of hydrogen-bond acceptors (Lipinski definition) is 3. The molecular weight excluding hydrogens is 275 g/mol. The predicted molar refractivity (Wildman–Crippen MR) is 81.7 cm³/mol. The molecular formula is C15H21FN2OS. The number of nitrogens with zero attached hydrogens (tertiary/aromatic N) is 2. The molecule has 5 heteroatoms. The van der Waals surface area contributed by atoms with E-state index in [0.29, 0.717) is 6.54 Å². The molecule has 0 aromatic heterocycles. The van der Waals surface area contributed by atoms with Gasteiger partial charge in [-0.3, -0.25) is 4.79 Å². The van der Waals surface area contributed by atoms with E-state index in [-0.39, 0.29) is 17.5 Å². The van der Waals surface area contributed by atoms with Crippen LogP contribution in [0.15, 0.2) is 24.3 Å². The summed E-state index contributed by atoms with van der Waals surface area (Å²) in [6.07, 6.45) is 0.967. The lowest BCUT2D eigenvalue weighted by Crippen LogP contribution is -2.46. The standard InChI is InChI=1S/C15H21FN2OS/c1-17(2)10-12-11-20-9-5-8-18(12)15(19)13-6-3-4-7-14(13)16/h3-4,6-7,12H,5,8-11H2,1-2H3. The number of amides is 1. The zero-order valence-electron chi connectivity index (χ0n) is 12.0. The van der Waals surface area contributed by atoms with Gasteiger partial charge in [-0.2, -0.15) is 11.8 Å². The number of likely N-dealkylation sites (N-methyl/N-ethyl adjacent to an activating group) is 1. The molecule has 1 aliphatic heterocycles. The normalized spacial score (nSPS) is 20.0. The van der Waals surface area contributed by atoms with E-state index in [0.717, 1.165) is 24.5 Å². The van der Waals surface area contributed by atoms with E-state index in [1.807, 2.05) is 30.8 Å². The molecule has 0 spiro atoms. The molecule has 1 heterocycles. The van der Waals surface area contributed by atoms with Crippen molar-refractivity contribution < 1.29 is 9.18 Å². The zero-order valence-corrected chi connectivity index (χ0v) is 12.8. The number of thioether (sulfide) groups is 1. The fourth-order valence-corrected chi connectivity index (χ4v) is 3.52. The van der Waals surface area contributed by atoms with E-state index in [2.05, 4.69) is 4.90 Å². The van der Waals surface area contributed by atoms with Crippen molar-refractivity contribution >= 4 is 17.7 Å². The smallest absolute Gasteiger partial charge is 0.257 e. The van der Waals surface area contributed by atoms with Gasteiger partial charge < -0.3 is 9.80 Å². The lowest BCUT2D eigenvalue weighted by Gasteiger charge is -2.31. The van der Waals surface area contributed by atoms with Crippen molar-refractivity contribution in [1.29, 1.82) is 0 Å². The van der Waals surface area contributed by atoms with Gasteiger partial charge in [-0.05, 0) is 38.4 Å². The Morgan fingerprint density at radius 2 is 2.20 bits per heavy atom. The Balaban J connectivity index is 2.21. The van der Waals surface area contributed by atoms with Crippen LogP contribution in [0.25, 0.3) is 0 Å². The predicted octanol–water partition coefficient (Wildman–Crippen LogP) is 2.33. The fraction of sp³-hybridized carbons (Fsp3) is 0.533. The molecule has 0 saturated carbocycles. The van der Waals surface area contributed by atoms with E-state index in [9.17, 15) is 9.18 Å². The molecule has 0 radical (unpaired) electrons. The van der Waals surface area contributed by atoms with Crippen molar-refractivity contribution in [1.82, 2.24) is 9.80 Å². The first-order valence-electron chi connectivity index (χ1n) is 6.87. The summed E-state index contributed by atoms with van der Waals surface area (Å²) >= 11 is 1.87. The van der Waals surface area contributed by atoms with Crippen molar-refractivity contribution in [2.24, 2.45) is 0 Å². The molecule has 1 aromatic carbocycles. The summed E-state index contributed by atoms with van der Waals surface area (Å²) in [4.78, 5) is 16.6. The van der Waals surface area contributed by atoms with Crippen LogP contribution in [0, 0.1) is 5.82 Å². The minimum atomic E-state index is -0.432. The molecule has 2 rings (SSSR count). The minimum absolute atomic E-state index is 0.143. The molecule has 1 atom stereocenters. The third kappa shape index (κ3) is 3.73. The molecule has 0 aliphatic carbocycles. The van der Waals surface area contributed by atoms with Gasteiger partial charge in [-0.15, -0.1) is 0 Å². The van der Waals surface area contributed by atoms with Crippen molar-refractivity contribution in [2.45, 2.75) is 12.5 Å². The minimum Gasteiger partial charge on any atom is -0.333 e. The van der Waals surface area contributed by atoms with Crippen LogP contribution in [0.3, 0.4) is 0 Å². The Labute approximate surface area is 124 Å². The largest absolute Gasteiger partial charge is 0.333 e. The number of halogens is 1. The number of carbonyl (C=O) groups excluding carboxylic acids is 1. The van der Waals surface area contributed by atoms with Crippen molar-refractivity contribution in [3.05, 3.63) is 35.6 Å². The second-order valence-corrected chi connectivity index (χ2v) is 6.47. The van der Waals surface area contributed by atoms with Crippen molar-refractivity contribution in [3.8, 4) is 0 Å². The maximum absolute atomic E-state index is 13.8. The summed E-state index contributed by atoms with van der Waals surface area (Å²) < 4.78 is 13.8. The van der Waals surface area contributed by atoms with Crippen molar-refractivity contribution in [3.63, 3.8) is 0 Å². The van der Waals surface area contributed by atoms with Gasteiger partial charge in [0.15, 0.2) is 0 Å². The van der Waals surface area contributed by atoms with Crippen LogP contribution in [0.2, 0.25) is 0 Å². The zero-order chi connectivity index (χ0) is 14.5. The number of carbonyl (C=O) groups is 1. The van der Waals surface area contributed by atoms with Crippen LogP contribution >= 0.6 is 11.8 Å². The highest BCUT2D eigenvalue weighted by Crippen LogP contribution is 2.20. The highest BCUT2D eigenvalue weighted by Gasteiger charge is 2.28. The van der Waals surface area contributed by atoms with Crippen LogP contribution in [0.4, 0.5) is 4.39 Å². The van der Waals surface area contributed by atoms with Crippen LogP contribution in [-0.4, -0.2) is 60.4 Å². The Kier molecular flexibility index (Phi) is 5.43. The van der Waals surface area contributed by atoms with Gasteiger partial charge in [-0.1, -0.05) is 12.1 Å². The van der Waals surface area contributed by atoms with Crippen molar-refractivity contribution in [2.75, 3.05) is 38.7 Å². The highest BCUT2D eigenvalue weighted by atomic mass is 32.2. The van der Waals surface area contributed by atoms with Gasteiger partial charge >= 0.3 is 0 Å². The van der Waals surface area contributed by atoms with E-state index < -0.39 is 5.82 Å². The van der Waals surface area contributed by atoms with Crippen LogP contribution in [-0.2, 0) is 0 Å². The Morgan fingerprint density at radius 1 is 1.45 bits per heavy atom. The van der Waals surface area contributed by atoms with E-state index in [1.54, 1.807) is 18.2 Å². The van der Waals surface area contributed by atoms with Gasteiger partial charge in [0.25, 0.3) is 5.91 Å². The van der Waals surface area contributed by atoms with Crippen LogP contribution < -0.4 is 0 Å². The first-order valence-corrected chi connectivity index (χ1v) is 8.03. The first-order chi connectivity index (χ1) is 9.59. The van der Waals surface area contributed by atoms with Crippen LogP contribution in [0.5, 0.6) is 0 Å². The molecule has 1 amide bonds. The molecule has 1 fully saturated rings. The van der Waals surface area contributed by atoms with Gasteiger partial charge in [0.2, 0.25) is 0 Å². The Morgan fingerprint density at radius 3 is 2.90 bits per heavy atom. The Bertz CT molecular complexity index is 467. The molecule has 1 aromatic rings. The van der Waals surface area contributed by atoms with E-state index in [4.69, 9.17) is 0 Å².